The molecule has 4 rings (SSSR count). The van der Waals surface area contributed by atoms with E-state index in [1.807, 2.05) is 12.1 Å². The molecular formula is C24H29FN4O3. The first-order chi connectivity index (χ1) is 15.6. The summed E-state index contributed by atoms with van der Waals surface area (Å²) in [5.41, 5.74) is 1.63. The highest BCUT2D eigenvalue weighted by atomic mass is 19.1. The van der Waals surface area contributed by atoms with Crippen molar-refractivity contribution in [3.8, 4) is 0 Å². The van der Waals surface area contributed by atoms with Crippen molar-refractivity contribution < 1.29 is 18.7 Å². The summed E-state index contributed by atoms with van der Waals surface area (Å²) in [6.45, 7) is 3.02. The Morgan fingerprint density at radius 1 is 1.06 bits per heavy atom. The summed E-state index contributed by atoms with van der Waals surface area (Å²) in [7, 11) is 0. The maximum absolute atomic E-state index is 13.2. The maximum Gasteiger partial charge on any atom is 0.228 e. The molecule has 2 aliphatic heterocycles. The number of rotatable bonds is 7. The second-order valence-electron chi connectivity index (χ2n) is 8.56. The Balaban J connectivity index is 1.42. The predicted molar refractivity (Wildman–Crippen MR) is 118 cm³/mol. The number of piperidine rings is 1. The van der Waals surface area contributed by atoms with Crippen molar-refractivity contribution in [2.24, 2.45) is 11.8 Å². The molecule has 1 aromatic carbocycles. The molecule has 1 aromatic heterocycles. The van der Waals surface area contributed by atoms with Gasteiger partial charge in [-0.1, -0.05) is 0 Å². The highest BCUT2D eigenvalue weighted by molar-refractivity contribution is 5.93. The second-order valence-corrected chi connectivity index (χ2v) is 8.56. The van der Waals surface area contributed by atoms with Gasteiger partial charge in [-0.05, 0) is 61.2 Å². The number of nitrogens with zero attached hydrogens (tertiary/aromatic N) is 2. The van der Waals surface area contributed by atoms with Crippen LogP contribution in [0.15, 0.2) is 48.8 Å². The van der Waals surface area contributed by atoms with Gasteiger partial charge in [0.1, 0.15) is 5.82 Å². The number of hydrogen-bond donors (Lipinski definition) is 2. The average Bonchev–Trinajstić information content (AvgIpc) is 3.33. The quantitative estimate of drug-likeness (QED) is 0.692. The molecule has 2 aromatic rings. The van der Waals surface area contributed by atoms with Gasteiger partial charge >= 0.3 is 0 Å². The summed E-state index contributed by atoms with van der Waals surface area (Å²) in [5.74, 6) is -1.20. The maximum atomic E-state index is 13.2. The zero-order valence-electron chi connectivity index (χ0n) is 18.0. The predicted octanol–water partition coefficient (Wildman–Crippen LogP) is 2.59. The van der Waals surface area contributed by atoms with Gasteiger partial charge < -0.3 is 15.4 Å². The van der Waals surface area contributed by atoms with Gasteiger partial charge in [0.05, 0.1) is 17.9 Å². The number of halogens is 1. The lowest BCUT2D eigenvalue weighted by Gasteiger charge is -2.36. The minimum Gasteiger partial charge on any atom is -0.376 e. The van der Waals surface area contributed by atoms with E-state index in [-0.39, 0.29) is 35.6 Å². The van der Waals surface area contributed by atoms with Gasteiger partial charge in [-0.3, -0.25) is 19.5 Å². The van der Waals surface area contributed by atoms with E-state index in [9.17, 15) is 14.0 Å². The van der Waals surface area contributed by atoms with Crippen molar-refractivity contribution in [3.05, 3.63) is 60.2 Å². The van der Waals surface area contributed by atoms with Crippen LogP contribution in [0.3, 0.4) is 0 Å². The van der Waals surface area contributed by atoms with E-state index >= 15 is 0 Å². The number of likely N-dealkylation sites (tertiary alicyclic amines) is 1. The zero-order chi connectivity index (χ0) is 22.3. The Morgan fingerprint density at radius 2 is 1.78 bits per heavy atom. The SMILES string of the molecule is O=C(NC[C@H]1CCCO1)[C@H]1C[C@@H](C(=O)Nc2ccc(F)cc2)CN(Cc2ccncc2)C1. The van der Waals surface area contributed by atoms with Crippen LogP contribution in [0.1, 0.15) is 24.8 Å². The van der Waals surface area contributed by atoms with Crippen LogP contribution in [0.25, 0.3) is 0 Å². The Bertz CT molecular complexity index is 903. The number of anilines is 1. The molecule has 7 nitrogen and oxygen atoms in total. The molecule has 0 unspecified atom stereocenters. The fourth-order valence-electron chi connectivity index (χ4n) is 4.39. The van der Waals surface area contributed by atoms with Crippen LogP contribution >= 0.6 is 0 Å². The third-order valence-electron chi connectivity index (χ3n) is 6.06. The third-order valence-corrected chi connectivity index (χ3v) is 6.06. The van der Waals surface area contributed by atoms with Gasteiger partial charge in [-0.2, -0.15) is 0 Å². The topological polar surface area (TPSA) is 83.6 Å². The van der Waals surface area contributed by atoms with Gasteiger partial charge in [0, 0.05) is 50.9 Å². The van der Waals surface area contributed by atoms with Crippen LogP contribution in [0.5, 0.6) is 0 Å². The van der Waals surface area contributed by atoms with Gasteiger partial charge in [0.25, 0.3) is 0 Å². The van der Waals surface area contributed by atoms with Crippen LogP contribution in [-0.4, -0.2) is 54.0 Å². The van der Waals surface area contributed by atoms with Crippen molar-refractivity contribution in [2.75, 3.05) is 31.6 Å². The van der Waals surface area contributed by atoms with Crippen LogP contribution < -0.4 is 10.6 Å². The first-order valence-electron chi connectivity index (χ1n) is 11.1. The molecule has 2 amide bonds. The number of hydrogen-bond acceptors (Lipinski definition) is 5. The minimum absolute atomic E-state index is 0.0421. The monoisotopic (exact) mass is 440 g/mol. The third kappa shape index (κ3) is 6.11. The molecule has 2 aliphatic rings. The van der Waals surface area contributed by atoms with E-state index in [0.29, 0.717) is 38.3 Å². The van der Waals surface area contributed by atoms with Crippen molar-refractivity contribution in [1.29, 1.82) is 0 Å². The number of pyridine rings is 1. The molecule has 0 saturated carbocycles. The van der Waals surface area contributed by atoms with Crippen LogP contribution in [0.2, 0.25) is 0 Å². The molecule has 32 heavy (non-hydrogen) atoms. The Labute approximate surface area is 187 Å². The van der Waals surface area contributed by atoms with E-state index in [2.05, 4.69) is 20.5 Å². The summed E-state index contributed by atoms with van der Waals surface area (Å²) < 4.78 is 18.8. The molecule has 2 saturated heterocycles. The van der Waals surface area contributed by atoms with Gasteiger partial charge in [-0.25, -0.2) is 4.39 Å². The van der Waals surface area contributed by atoms with Crippen LogP contribution in [-0.2, 0) is 20.9 Å². The fraction of sp³-hybridized carbons (Fsp3) is 0.458. The molecule has 0 spiro atoms. The zero-order valence-corrected chi connectivity index (χ0v) is 18.0. The van der Waals surface area contributed by atoms with Crippen LogP contribution in [0, 0.1) is 17.7 Å². The molecule has 8 heteroatoms. The lowest BCUT2D eigenvalue weighted by molar-refractivity contribution is -0.130. The number of benzene rings is 1. The average molecular weight is 441 g/mol. The molecule has 2 fully saturated rings. The first kappa shape index (κ1) is 22.4. The summed E-state index contributed by atoms with van der Waals surface area (Å²) in [4.78, 5) is 32.1. The standard InChI is InChI=1S/C24H29FN4O3/c25-20-3-5-21(6-4-20)28-24(31)19-12-18(23(30)27-13-22-2-1-11-32-22)15-29(16-19)14-17-7-9-26-10-8-17/h3-10,18-19,22H,1-2,11-16H2,(H,27,30)(H,28,31)/t18-,19+,22+/m0/s1. The van der Waals surface area contributed by atoms with E-state index in [1.54, 1.807) is 12.4 Å². The van der Waals surface area contributed by atoms with E-state index in [1.165, 1.54) is 24.3 Å². The summed E-state index contributed by atoms with van der Waals surface area (Å²) >= 11 is 0. The second kappa shape index (κ2) is 10.7. The van der Waals surface area contributed by atoms with Crippen molar-refractivity contribution >= 4 is 17.5 Å². The molecule has 0 aliphatic carbocycles. The number of carbonyl (C=O) groups is 2. The van der Waals surface area contributed by atoms with E-state index in [4.69, 9.17) is 4.74 Å². The van der Waals surface area contributed by atoms with Gasteiger partial charge in [0.2, 0.25) is 11.8 Å². The smallest absolute Gasteiger partial charge is 0.228 e. The number of carbonyl (C=O) groups excluding carboxylic acids is 2. The number of amides is 2. The molecule has 170 valence electrons. The van der Waals surface area contributed by atoms with Gasteiger partial charge in [0.15, 0.2) is 0 Å². The molecular weight excluding hydrogens is 411 g/mol. The van der Waals surface area contributed by atoms with Crippen molar-refractivity contribution in [3.63, 3.8) is 0 Å². The summed E-state index contributed by atoms with van der Waals surface area (Å²) in [5, 5.41) is 5.89. The largest absolute Gasteiger partial charge is 0.376 e. The normalized spacial score (nSPS) is 23.6. The number of ether oxygens (including phenoxy) is 1. The molecule has 3 atom stereocenters. The molecule has 2 N–H and O–H groups in total. The highest BCUT2D eigenvalue weighted by Gasteiger charge is 2.35. The van der Waals surface area contributed by atoms with Crippen molar-refractivity contribution in [2.45, 2.75) is 31.9 Å². The van der Waals surface area contributed by atoms with Gasteiger partial charge in [-0.15, -0.1) is 0 Å². The van der Waals surface area contributed by atoms with E-state index < -0.39 is 0 Å². The van der Waals surface area contributed by atoms with E-state index in [0.717, 1.165) is 25.0 Å². The summed E-state index contributed by atoms with van der Waals surface area (Å²) in [6, 6.07) is 9.58. The number of aromatic nitrogens is 1. The highest BCUT2D eigenvalue weighted by Crippen LogP contribution is 2.25. The molecule has 0 bridgehead atoms. The molecule has 0 radical (unpaired) electrons. The lowest BCUT2D eigenvalue weighted by atomic mass is 9.87. The first-order valence-corrected chi connectivity index (χ1v) is 11.1. The molecule has 3 heterocycles. The Hall–Kier alpha value is -2.84. The van der Waals surface area contributed by atoms with Crippen molar-refractivity contribution in [1.82, 2.24) is 15.2 Å². The van der Waals surface area contributed by atoms with Crippen LogP contribution in [0.4, 0.5) is 10.1 Å². The fourth-order valence-corrected chi connectivity index (χ4v) is 4.39. The summed E-state index contributed by atoms with van der Waals surface area (Å²) in [6.07, 6.45) is 6.01. The lowest BCUT2D eigenvalue weighted by Crippen LogP contribution is -2.49. The number of nitrogens with one attached hydrogen (secondary N) is 2. The Morgan fingerprint density at radius 3 is 2.47 bits per heavy atom. The minimum atomic E-state index is -0.354. The Kier molecular flexibility index (Phi) is 7.44.